The van der Waals surface area contributed by atoms with Crippen LogP contribution in [0.3, 0.4) is 0 Å². The van der Waals surface area contributed by atoms with E-state index < -0.39 is 0 Å². The van der Waals surface area contributed by atoms with Crippen LogP contribution in [0.4, 0.5) is 0 Å². The molecule has 0 radical (unpaired) electrons. The zero-order valence-electron chi connectivity index (χ0n) is 16.4. The Kier molecular flexibility index (Phi) is 6.74. The number of nitrogens with one attached hydrogen (secondary N) is 2. The molecule has 6 heteroatoms. The third-order valence-corrected chi connectivity index (χ3v) is 5.30. The first-order valence-electron chi connectivity index (χ1n) is 9.69. The smallest absolute Gasteiger partial charge is 0.191 e. The van der Waals surface area contributed by atoms with E-state index in [1.807, 2.05) is 13.1 Å². The van der Waals surface area contributed by atoms with Crippen molar-refractivity contribution in [1.82, 2.24) is 20.4 Å². The molecule has 6 nitrogen and oxygen atoms in total. The summed E-state index contributed by atoms with van der Waals surface area (Å²) >= 11 is 0. The van der Waals surface area contributed by atoms with Crippen molar-refractivity contribution in [3.8, 4) is 5.75 Å². The number of nitrogens with zero attached hydrogens (tertiary/aromatic N) is 3. The molecule has 1 saturated carbocycles. The maximum atomic E-state index is 6.00. The Hall–Kier alpha value is -1.79. The van der Waals surface area contributed by atoms with Crippen molar-refractivity contribution >= 4 is 5.96 Å². The van der Waals surface area contributed by atoms with E-state index in [1.165, 1.54) is 18.4 Å². The summed E-state index contributed by atoms with van der Waals surface area (Å²) in [5.74, 6) is 2.58. The molecule has 0 aromatic heterocycles. The molecule has 2 fully saturated rings. The van der Waals surface area contributed by atoms with Gasteiger partial charge in [-0.05, 0) is 38.9 Å². The molecule has 1 saturated heterocycles. The van der Waals surface area contributed by atoms with Gasteiger partial charge in [-0.15, -0.1) is 0 Å². The number of aliphatic imine (C=N–C) groups is 1. The molecule has 1 aromatic carbocycles. The molecule has 2 aliphatic rings. The van der Waals surface area contributed by atoms with E-state index in [0.29, 0.717) is 12.6 Å². The minimum atomic E-state index is 0.501. The van der Waals surface area contributed by atoms with Crippen LogP contribution in [0.25, 0.3) is 0 Å². The van der Waals surface area contributed by atoms with Crippen molar-refractivity contribution in [2.24, 2.45) is 10.9 Å². The molecule has 2 N–H and O–H groups in total. The van der Waals surface area contributed by atoms with Crippen LogP contribution in [0.15, 0.2) is 29.3 Å². The molecule has 1 unspecified atom stereocenters. The molecule has 0 spiro atoms. The molecule has 1 heterocycles. The zero-order valence-corrected chi connectivity index (χ0v) is 16.4. The fourth-order valence-electron chi connectivity index (χ4n) is 3.22. The maximum absolute atomic E-state index is 6.00. The molecule has 1 aromatic rings. The van der Waals surface area contributed by atoms with Crippen molar-refractivity contribution in [1.29, 1.82) is 0 Å². The molecule has 144 valence electrons. The van der Waals surface area contributed by atoms with E-state index in [2.05, 4.69) is 57.7 Å². The van der Waals surface area contributed by atoms with Crippen LogP contribution in [0.5, 0.6) is 5.75 Å². The highest BCUT2D eigenvalue weighted by atomic mass is 16.5. The van der Waals surface area contributed by atoms with Crippen LogP contribution in [0.1, 0.15) is 18.4 Å². The van der Waals surface area contributed by atoms with Crippen molar-refractivity contribution in [3.63, 3.8) is 0 Å². The molecular formula is C20H33N5O. The number of para-hydroxylation sites is 1. The van der Waals surface area contributed by atoms with Crippen molar-refractivity contribution in [2.75, 3.05) is 53.9 Å². The van der Waals surface area contributed by atoms with Crippen molar-refractivity contribution in [2.45, 2.75) is 25.4 Å². The van der Waals surface area contributed by atoms with Gasteiger partial charge in [0.25, 0.3) is 0 Å². The Morgan fingerprint density at radius 1 is 1.19 bits per heavy atom. The predicted molar refractivity (Wildman–Crippen MR) is 107 cm³/mol. The number of hydrogen-bond donors (Lipinski definition) is 2. The molecule has 1 atom stereocenters. The molecule has 3 rings (SSSR count). The SMILES string of the molecule is CN=C(NCc1ccccc1OCC1CC1)NCC1CN(C)CCN1C. The van der Waals surface area contributed by atoms with Gasteiger partial charge in [0.05, 0.1) is 6.61 Å². The summed E-state index contributed by atoms with van der Waals surface area (Å²) in [6, 6.07) is 8.77. The van der Waals surface area contributed by atoms with E-state index in [4.69, 9.17) is 4.74 Å². The monoisotopic (exact) mass is 359 g/mol. The van der Waals surface area contributed by atoms with Crippen LogP contribution in [0.2, 0.25) is 0 Å². The zero-order chi connectivity index (χ0) is 18.4. The van der Waals surface area contributed by atoms with E-state index in [1.54, 1.807) is 0 Å². The fourth-order valence-corrected chi connectivity index (χ4v) is 3.22. The van der Waals surface area contributed by atoms with Crippen LogP contribution >= 0.6 is 0 Å². The number of benzene rings is 1. The van der Waals surface area contributed by atoms with Gasteiger partial charge in [-0.1, -0.05) is 18.2 Å². The van der Waals surface area contributed by atoms with Crippen molar-refractivity contribution in [3.05, 3.63) is 29.8 Å². The second kappa shape index (κ2) is 9.24. The lowest BCUT2D eigenvalue weighted by molar-refractivity contribution is 0.116. The third-order valence-electron chi connectivity index (χ3n) is 5.30. The normalized spacial score (nSPS) is 22.3. The van der Waals surface area contributed by atoms with Gasteiger partial charge in [-0.3, -0.25) is 9.89 Å². The lowest BCUT2D eigenvalue weighted by Gasteiger charge is -2.37. The Balaban J connectivity index is 1.48. The van der Waals surface area contributed by atoms with Gasteiger partial charge in [0.2, 0.25) is 0 Å². The standard InChI is InChI=1S/C20H33N5O/c1-21-20(23-13-18-14-24(2)10-11-25(18)3)22-12-17-6-4-5-7-19(17)26-15-16-8-9-16/h4-7,16,18H,8-15H2,1-3H3,(H2,21,22,23). The Morgan fingerprint density at radius 2 is 2.00 bits per heavy atom. The largest absolute Gasteiger partial charge is 0.493 e. The first-order chi connectivity index (χ1) is 12.7. The minimum absolute atomic E-state index is 0.501. The van der Waals surface area contributed by atoms with Crippen LogP contribution in [-0.4, -0.2) is 75.7 Å². The molecular weight excluding hydrogens is 326 g/mol. The fraction of sp³-hybridized carbons (Fsp3) is 0.650. The third kappa shape index (κ3) is 5.61. The van der Waals surface area contributed by atoms with Crippen LogP contribution in [-0.2, 0) is 6.54 Å². The van der Waals surface area contributed by atoms with Gasteiger partial charge >= 0.3 is 0 Å². The van der Waals surface area contributed by atoms with Gasteiger partial charge in [0.1, 0.15) is 5.75 Å². The van der Waals surface area contributed by atoms with Gasteiger partial charge in [-0.25, -0.2) is 0 Å². The van der Waals surface area contributed by atoms with Gasteiger partial charge in [0, 0.05) is 51.4 Å². The highest BCUT2D eigenvalue weighted by Gasteiger charge is 2.23. The van der Waals surface area contributed by atoms with E-state index >= 15 is 0 Å². The lowest BCUT2D eigenvalue weighted by Crippen LogP contribution is -2.55. The summed E-state index contributed by atoms with van der Waals surface area (Å²) in [4.78, 5) is 9.17. The van der Waals surface area contributed by atoms with E-state index in [0.717, 1.165) is 50.4 Å². The summed E-state index contributed by atoms with van der Waals surface area (Å²) in [7, 11) is 6.20. The van der Waals surface area contributed by atoms with Gasteiger partial charge in [0.15, 0.2) is 5.96 Å². The topological polar surface area (TPSA) is 52.1 Å². The summed E-state index contributed by atoms with van der Waals surface area (Å²) in [5.41, 5.74) is 1.17. The maximum Gasteiger partial charge on any atom is 0.191 e. The number of rotatable bonds is 7. The van der Waals surface area contributed by atoms with Crippen LogP contribution < -0.4 is 15.4 Å². The number of hydrogen-bond acceptors (Lipinski definition) is 4. The lowest BCUT2D eigenvalue weighted by atomic mass is 10.2. The molecule has 0 amide bonds. The number of piperazine rings is 1. The quantitative estimate of drug-likeness (QED) is 0.569. The number of likely N-dealkylation sites (N-methyl/N-ethyl adjacent to an activating group) is 2. The van der Waals surface area contributed by atoms with Gasteiger partial charge < -0.3 is 20.3 Å². The Morgan fingerprint density at radius 3 is 2.77 bits per heavy atom. The highest BCUT2D eigenvalue weighted by molar-refractivity contribution is 5.79. The molecule has 1 aliphatic heterocycles. The second-order valence-electron chi connectivity index (χ2n) is 7.57. The summed E-state index contributed by atoms with van der Waals surface area (Å²) in [5, 5.41) is 6.89. The minimum Gasteiger partial charge on any atom is -0.493 e. The van der Waals surface area contributed by atoms with E-state index in [-0.39, 0.29) is 0 Å². The highest BCUT2D eigenvalue weighted by Crippen LogP contribution is 2.30. The summed E-state index contributed by atoms with van der Waals surface area (Å²) in [6.45, 7) is 5.77. The average molecular weight is 360 g/mol. The average Bonchev–Trinajstić information content (AvgIpc) is 3.48. The molecule has 26 heavy (non-hydrogen) atoms. The number of ether oxygens (including phenoxy) is 1. The van der Waals surface area contributed by atoms with E-state index in [9.17, 15) is 0 Å². The first-order valence-corrected chi connectivity index (χ1v) is 9.69. The van der Waals surface area contributed by atoms with Crippen LogP contribution in [0, 0.1) is 5.92 Å². The summed E-state index contributed by atoms with van der Waals surface area (Å²) < 4.78 is 6.00. The second-order valence-corrected chi connectivity index (χ2v) is 7.57. The molecule has 1 aliphatic carbocycles. The summed E-state index contributed by atoms with van der Waals surface area (Å²) in [6.07, 6.45) is 2.61. The predicted octanol–water partition coefficient (Wildman–Crippen LogP) is 1.39. The van der Waals surface area contributed by atoms with Gasteiger partial charge in [-0.2, -0.15) is 0 Å². The van der Waals surface area contributed by atoms with Crippen molar-refractivity contribution < 1.29 is 4.74 Å². The molecule has 0 bridgehead atoms. The Labute approximate surface area is 157 Å². The number of guanidine groups is 1. The Bertz CT molecular complexity index is 602. The first kappa shape index (κ1) is 19.0.